The van der Waals surface area contributed by atoms with Crippen molar-refractivity contribution in [3.63, 3.8) is 0 Å². The topological polar surface area (TPSA) is 49.6 Å². The van der Waals surface area contributed by atoms with E-state index < -0.39 is 5.54 Å². The van der Waals surface area contributed by atoms with E-state index in [-0.39, 0.29) is 30.7 Å². The number of hydrogen-bond donors (Lipinski definition) is 1. The lowest BCUT2D eigenvalue weighted by atomic mass is 9.81. The van der Waals surface area contributed by atoms with Crippen molar-refractivity contribution in [3.8, 4) is 0 Å². The van der Waals surface area contributed by atoms with Crippen LogP contribution in [-0.4, -0.2) is 54.0 Å². The van der Waals surface area contributed by atoms with Gasteiger partial charge in [-0.05, 0) is 63.5 Å². The van der Waals surface area contributed by atoms with Gasteiger partial charge in [0.25, 0.3) is 0 Å². The molecule has 1 saturated carbocycles. The maximum atomic E-state index is 12.9. The lowest BCUT2D eigenvalue weighted by molar-refractivity contribution is -0.140. The highest BCUT2D eigenvalue weighted by atomic mass is 35.5. The Morgan fingerprint density at radius 1 is 1.00 bits per heavy atom. The largest absolute Gasteiger partial charge is 0.341 e. The average molecular weight is 394 g/mol. The lowest BCUT2D eigenvalue weighted by Gasteiger charge is -2.42. The van der Waals surface area contributed by atoms with Crippen LogP contribution in [0.25, 0.3) is 0 Å². The molecule has 148 valence electrons. The first-order chi connectivity index (χ1) is 11.1. The Hall–Kier alpha value is -0.0300. The van der Waals surface area contributed by atoms with Gasteiger partial charge in [0.2, 0.25) is 5.91 Å². The van der Waals surface area contributed by atoms with Crippen LogP contribution in [0.15, 0.2) is 0 Å². The fourth-order valence-electron chi connectivity index (χ4n) is 4.72. The molecule has 3 rings (SSSR count). The van der Waals surface area contributed by atoms with Crippen LogP contribution in [0.5, 0.6) is 0 Å². The normalized spacial score (nSPS) is 27.9. The predicted molar refractivity (Wildman–Crippen MR) is 109 cm³/mol. The van der Waals surface area contributed by atoms with Gasteiger partial charge in [0.15, 0.2) is 0 Å². The average Bonchev–Trinajstić information content (AvgIpc) is 2.57. The molecule has 0 spiro atoms. The van der Waals surface area contributed by atoms with Gasteiger partial charge < -0.3 is 15.5 Å². The molecule has 0 bridgehead atoms. The van der Waals surface area contributed by atoms with Gasteiger partial charge in [-0.15, -0.1) is 24.8 Å². The number of nitrogens with zero attached hydrogens (tertiary/aromatic N) is 2. The van der Waals surface area contributed by atoms with Gasteiger partial charge in [0, 0.05) is 19.6 Å². The molecular weight excluding hydrogens is 357 g/mol. The van der Waals surface area contributed by atoms with Crippen molar-refractivity contribution in [2.45, 2.75) is 70.3 Å². The quantitative estimate of drug-likeness (QED) is 0.798. The van der Waals surface area contributed by atoms with E-state index in [2.05, 4.69) is 16.7 Å². The Morgan fingerprint density at radius 3 is 2.28 bits per heavy atom. The molecule has 2 N–H and O–H groups in total. The van der Waals surface area contributed by atoms with Crippen LogP contribution in [0.4, 0.5) is 0 Å². The third-order valence-electron chi connectivity index (χ3n) is 6.37. The Morgan fingerprint density at radius 2 is 1.64 bits per heavy atom. The molecule has 1 atom stereocenters. The van der Waals surface area contributed by atoms with E-state index in [1.807, 2.05) is 0 Å². The van der Waals surface area contributed by atoms with Crippen molar-refractivity contribution in [2.24, 2.45) is 17.6 Å². The minimum atomic E-state index is -0.555. The highest BCUT2D eigenvalue weighted by molar-refractivity contribution is 5.86. The zero-order chi connectivity index (χ0) is 16.3. The number of rotatable bonds is 3. The third-order valence-corrected chi connectivity index (χ3v) is 6.37. The van der Waals surface area contributed by atoms with Crippen LogP contribution >= 0.6 is 24.8 Å². The van der Waals surface area contributed by atoms with E-state index in [9.17, 15) is 4.79 Å². The minimum Gasteiger partial charge on any atom is -0.341 e. The second kappa shape index (κ2) is 10.3. The van der Waals surface area contributed by atoms with E-state index in [4.69, 9.17) is 5.73 Å². The molecule has 0 radical (unpaired) electrons. The van der Waals surface area contributed by atoms with Crippen molar-refractivity contribution in [1.29, 1.82) is 0 Å². The first kappa shape index (κ1) is 23.0. The number of piperidine rings is 2. The van der Waals surface area contributed by atoms with Crippen LogP contribution in [0.1, 0.15) is 64.7 Å². The molecule has 0 aromatic rings. The monoisotopic (exact) mass is 393 g/mol. The minimum absolute atomic E-state index is 0. The van der Waals surface area contributed by atoms with Crippen molar-refractivity contribution >= 4 is 30.7 Å². The van der Waals surface area contributed by atoms with Crippen molar-refractivity contribution in [1.82, 2.24) is 9.80 Å². The number of carbonyl (C=O) groups is 1. The first-order valence-corrected chi connectivity index (χ1v) is 9.87. The van der Waals surface area contributed by atoms with E-state index in [1.54, 1.807) is 0 Å². The summed E-state index contributed by atoms with van der Waals surface area (Å²) < 4.78 is 0. The predicted octanol–water partition coefficient (Wildman–Crippen LogP) is 3.46. The second-order valence-corrected chi connectivity index (χ2v) is 8.46. The lowest BCUT2D eigenvalue weighted by Crippen LogP contribution is -2.58. The fraction of sp³-hybridized carbons (Fsp3) is 0.947. The first-order valence-electron chi connectivity index (χ1n) is 9.87. The van der Waals surface area contributed by atoms with Crippen molar-refractivity contribution in [2.75, 3.05) is 32.7 Å². The zero-order valence-electron chi connectivity index (χ0n) is 15.8. The maximum absolute atomic E-state index is 12.9. The molecule has 1 unspecified atom stereocenters. The third kappa shape index (κ3) is 5.98. The van der Waals surface area contributed by atoms with Gasteiger partial charge in [-0.25, -0.2) is 0 Å². The Bertz CT molecular complexity index is 407. The van der Waals surface area contributed by atoms with Gasteiger partial charge in [-0.1, -0.05) is 26.2 Å². The van der Waals surface area contributed by atoms with Gasteiger partial charge in [-0.3, -0.25) is 4.79 Å². The zero-order valence-corrected chi connectivity index (χ0v) is 17.4. The molecule has 0 aromatic carbocycles. The summed E-state index contributed by atoms with van der Waals surface area (Å²) in [5.41, 5.74) is 5.92. The molecule has 2 saturated heterocycles. The molecule has 0 aromatic heterocycles. The molecule has 25 heavy (non-hydrogen) atoms. The van der Waals surface area contributed by atoms with Gasteiger partial charge in [0.1, 0.15) is 0 Å². The molecule has 3 aliphatic rings. The van der Waals surface area contributed by atoms with Crippen molar-refractivity contribution in [3.05, 3.63) is 0 Å². The Labute approximate surface area is 166 Å². The van der Waals surface area contributed by atoms with Crippen LogP contribution in [0, 0.1) is 11.8 Å². The summed E-state index contributed by atoms with van der Waals surface area (Å²) >= 11 is 0. The van der Waals surface area contributed by atoms with Crippen LogP contribution in [0.3, 0.4) is 0 Å². The van der Waals surface area contributed by atoms with Crippen LogP contribution in [0.2, 0.25) is 0 Å². The van der Waals surface area contributed by atoms with Crippen LogP contribution < -0.4 is 5.73 Å². The number of likely N-dealkylation sites (tertiary alicyclic amines) is 2. The molecule has 6 heteroatoms. The number of halogens is 2. The molecular formula is C19H37Cl2N3O. The summed E-state index contributed by atoms with van der Waals surface area (Å²) in [6, 6.07) is 0. The molecule has 2 heterocycles. The standard InChI is InChI=1S/C19H35N3O.2ClH/c1-16-7-12-21(13-8-16)14-17-6-5-11-22(15-17)18(23)19(20)9-3-2-4-10-19;;/h16-17H,2-15,20H2,1H3;2*1H. The fourth-order valence-corrected chi connectivity index (χ4v) is 4.72. The highest BCUT2D eigenvalue weighted by Gasteiger charge is 2.39. The second-order valence-electron chi connectivity index (χ2n) is 8.46. The van der Waals surface area contributed by atoms with Gasteiger partial charge in [0.05, 0.1) is 5.54 Å². The van der Waals surface area contributed by atoms with E-state index >= 15 is 0 Å². The van der Waals surface area contributed by atoms with Crippen molar-refractivity contribution < 1.29 is 4.79 Å². The summed E-state index contributed by atoms with van der Waals surface area (Å²) in [5, 5.41) is 0. The molecule has 1 aliphatic carbocycles. The van der Waals surface area contributed by atoms with Gasteiger partial charge >= 0.3 is 0 Å². The van der Waals surface area contributed by atoms with E-state index in [0.717, 1.165) is 51.1 Å². The Kier molecular flexibility index (Phi) is 9.52. The Balaban J connectivity index is 0.00000156. The summed E-state index contributed by atoms with van der Waals surface area (Å²) in [7, 11) is 0. The number of nitrogens with two attached hydrogens (primary N) is 1. The van der Waals surface area contributed by atoms with E-state index in [0.29, 0.717) is 5.92 Å². The molecule has 4 nitrogen and oxygen atoms in total. The molecule has 3 fully saturated rings. The smallest absolute Gasteiger partial charge is 0.242 e. The summed E-state index contributed by atoms with van der Waals surface area (Å²) in [4.78, 5) is 17.7. The summed E-state index contributed by atoms with van der Waals surface area (Å²) in [6.45, 7) is 7.88. The summed E-state index contributed by atoms with van der Waals surface area (Å²) in [6.07, 6.45) is 10.3. The SMILES string of the molecule is CC1CCN(CC2CCCN(C(=O)C3(N)CCCCC3)C2)CC1.Cl.Cl. The number of hydrogen-bond acceptors (Lipinski definition) is 3. The molecule has 1 amide bonds. The number of carbonyl (C=O) groups excluding carboxylic acids is 1. The highest BCUT2D eigenvalue weighted by Crippen LogP contribution is 2.30. The van der Waals surface area contributed by atoms with Gasteiger partial charge in [-0.2, -0.15) is 0 Å². The maximum Gasteiger partial charge on any atom is 0.242 e. The van der Waals surface area contributed by atoms with Crippen LogP contribution in [-0.2, 0) is 4.79 Å². The number of amides is 1. The summed E-state index contributed by atoms with van der Waals surface area (Å²) in [5.74, 6) is 1.78. The molecule has 2 aliphatic heterocycles. The van der Waals surface area contributed by atoms with E-state index in [1.165, 1.54) is 45.3 Å².